The van der Waals surface area contributed by atoms with E-state index in [4.69, 9.17) is 4.74 Å². The number of ether oxygens (including phenoxy) is 1. The minimum atomic E-state index is -1.72. The van der Waals surface area contributed by atoms with E-state index < -0.39 is 29.9 Å². The highest BCUT2D eigenvalue weighted by molar-refractivity contribution is 6.23. The molecule has 0 bridgehead atoms. The molecule has 232 valence electrons. The summed E-state index contributed by atoms with van der Waals surface area (Å²) in [5, 5.41) is 5.10. The van der Waals surface area contributed by atoms with Gasteiger partial charge in [-0.2, -0.15) is 0 Å². The predicted molar refractivity (Wildman–Crippen MR) is 161 cm³/mol. The minimum Gasteiger partial charge on any atom is -0.469 e. The third kappa shape index (κ3) is 6.82. The number of urea groups is 1. The predicted octanol–water partition coefficient (Wildman–Crippen LogP) is 1.52. The van der Waals surface area contributed by atoms with Crippen LogP contribution in [0.4, 0.5) is 21.9 Å². The average molecular weight is 605 g/mol. The fourth-order valence-electron chi connectivity index (χ4n) is 5.72. The number of rotatable bonds is 8. The molecule has 3 heterocycles. The maximum atomic E-state index is 14.1. The first kappa shape index (κ1) is 30.5. The van der Waals surface area contributed by atoms with E-state index in [1.54, 1.807) is 58.3 Å². The molecule has 2 aromatic rings. The third-order valence-corrected chi connectivity index (χ3v) is 8.03. The number of anilines is 3. The molecular formula is C31H36N6O7. The first-order valence-electron chi connectivity index (χ1n) is 14.8. The van der Waals surface area contributed by atoms with Crippen molar-refractivity contribution in [3.8, 4) is 0 Å². The molecule has 13 heteroatoms. The number of fused-ring (bicyclic) bond motifs is 1. The summed E-state index contributed by atoms with van der Waals surface area (Å²) in [6.07, 6.45) is 3.46. The number of nitrogens with one attached hydrogen (secondary N) is 2. The van der Waals surface area contributed by atoms with Gasteiger partial charge in [0.15, 0.2) is 6.04 Å². The molecule has 44 heavy (non-hydrogen) atoms. The van der Waals surface area contributed by atoms with Crippen molar-refractivity contribution >= 4 is 52.7 Å². The second-order valence-electron chi connectivity index (χ2n) is 11.0. The summed E-state index contributed by atoms with van der Waals surface area (Å²) in [6, 6.07) is 10.6. The lowest BCUT2D eigenvalue weighted by molar-refractivity contribution is -0.139. The molecule has 0 radical (unpaired) electrons. The van der Waals surface area contributed by atoms with Gasteiger partial charge >= 0.3 is 12.0 Å². The molecule has 0 aliphatic carbocycles. The van der Waals surface area contributed by atoms with Crippen LogP contribution in [-0.2, 0) is 35.1 Å². The Bertz CT molecular complexity index is 1380. The van der Waals surface area contributed by atoms with Gasteiger partial charge in [0.25, 0.3) is 11.8 Å². The number of likely N-dealkylation sites (tertiary alicyclic amines) is 2. The smallest absolute Gasteiger partial charge is 0.320 e. The van der Waals surface area contributed by atoms with Crippen molar-refractivity contribution in [2.24, 2.45) is 0 Å². The summed E-state index contributed by atoms with van der Waals surface area (Å²) in [7, 11) is 1.28. The van der Waals surface area contributed by atoms with Crippen molar-refractivity contribution in [2.75, 3.05) is 61.5 Å². The Kier molecular flexibility index (Phi) is 9.41. The number of nitrogens with zero attached hydrogens (tertiary/aromatic N) is 4. The monoisotopic (exact) mass is 604 g/mol. The first-order chi connectivity index (χ1) is 21.2. The normalized spacial score (nSPS) is 16.9. The van der Waals surface area contributed by atoms with Crippen LogP contribution >= 0.6 is 0 Å². The average Bonchev–Trinajstić information content (AvgIpc) is 3.75. The number of methoxy groups -OCH3 is 1. The van der Waals surface area contributed by atoms with E-state index in [9.17, 15) is 28.8 Å². The van der Waals surface area contributed by atoms with Gasteiger partial charge in [0.05, 0.1) is 24.9 Å². The third-order valence-electron chi connectivity index (χ3n) is 8.03. The van der Waals surface area contributed by atoms with Gasteiger partial charge in [0, 0.05) is 31.9 Å². The van der Waals surface area contributed by atoms with Crippen molar-refractivity contribution in [3.63, 3.8) is 0 Å². The zero-order valence-electron chi connectivity index (χ0n) is 24.6. The highest BCUT2D eigenvalue weighted by atomic mass is 16.5. The van der Waals surface area contributed by atoms with Crippen LogP contribution in [0.15, 0.2) is 48.5 Å². The van der Waals surface area contributed by atoms with Gasteiger partial charge in [0.2, 0.25) is 11.8 Å². The van der Waals surface area contributed by atoms with Gasteiger partial charge in [-0.05, 0) is 55.5 Å². The lowest BCUT2D eigenvalue weighted by Gasteiger charge is -2.27. The van der Waals surface area contributed by atoms with E-state index >= 15 is 0 Å². The van der Waals surface area contributed by atoms with E-state index in [2.05, 4.69) is 10.6 Å². The fourth-order valence-corrected chi connectivity index (χ4v) is 5.72. The number of benzene rings is 2. The summed E-state index contributed by atoms with van der Waals surface area (Å²) in [6.45, 7) is 1.67. The Morgan fingerprint density at radius 1 is 0.773 bits per heavy atom. The fraction of sp³-hybridized carbons (Fsp3) is 0.419. The van der Waals surface area contributed by atoms with E-state index in [-0.39, 0.29) is 31.3 Å². The molecule has 2 N–H and O–H groups in total. The lowest BCUT2D eigenvalue weighted by atomic mass is 10.1. The summed E-state index contributed by atoms with van der Waals surface area (Å²) in [5.74, 6) is -2.58. The highest BCUT2D eigenvalue weighted by Gasteiger charge is 2.43. The Balaban J connectivity index is 1.43. The topological polar surface area (TPSA) is 149 Å². The molecule has 3 aliphatic heterocycles. The maximum absolute atomic E-state index is 14.1. The summed E-state index contributed by atoms with van der Waals surface area (Å²) < 4.78 is 4.70. The second-order valence-corrected chi connectivity index (χ2v) is 11.0. The molecule has 0 aromatic heterocycles. The number of hydrogen-bond acceptors (Lipinski definition) is 7. The Morgan fingerprint density at radius 2 is 1.30 bits per heavy atom. The zero-order chi connectivity index (χ0) is 31.2. The highest BCUT2D eigenvalue weighted by Crippen LogP contribution is 2.34. The summed E-state index contributed by atoms with van der Waals surface area (Å²) >= 11 is 0. The van der Waals surface area contributed by atoms with Crippen molar-refractivity contribution in [2.45, 2.75) is 38.1 Å². The van der Waals surface area contributed by atoms with E-state index in [0.29, 0.717) is 48.8 Å². The number of esters is 1. The number of para-hydroxylation sites is 2. The molecule has 3 aliphatic rings. The molecule has 0 unspecified atom stereocenters. The van der Waals surface area contributed by atoms with Gasteiger partial charge in [-0.25, -0.2) is 4.79 Å². The Labute approximate surface area is 255 Å². The molecule has 2 aromatic carbocycles. The number of carbonyl (C=O) groups excluding carboxylic acids is 6. The molecular weight excluding hydrogens is 568 g/mol. The van der Waals surface area contributed by atoms with Crippen molar-refractivity contribution in [3.05, 3.63) is 54.1 Å². The zero-order valence-corrected chi connectivity index (χ0v) is 24.6. The van der Waals surface area contributed by atoms with Crippen molar-refractivity contribution < 1.29 is 33.5 Å². The first-order valence-corrected chi connectivity index (χ1v) is 14.8. The minimum absolute atomic E-state index is 0.00843. The Hall–Kier alpha value is -4.94. The van der Waals surface area contributed by atoms with E-state index in [1.165, 1.54) is 16.9 Å². The van der Waals surface area contributed by atoms with Gasteiger partial charge in [-0.3, -0.25) is 33.8 Å². The Morgan fingerprint density at radius 3 is 1.80 bits per heavy atom. The number of carbonyl (C=O) groups is 6. The molecule has 0 atom stereocenters. The van der Waals surface area contributed by atoms with Crippen LogP contribution in [0, 0.1) is 0 Å². The number of hydrogen-bond donors (Lipinski definition) is 2. The van der Waals surface area contributed by atoms with Gasteiger partial charge in [-0.15, -0.1) is 0 Å². The molecule has 6 amide bonds. The van der Waals surface area contributed by atoms with Gasteiger partial charge in [0.1, 0.15) is 13.1 Å². The van der Waals surface area contributed by atoms with Crippen molar-refractivity contribution in [1.29, 1.82) is 0 Å². The van der Waals surface area contributed by atoms with Crippen LogP contribution in [0.2, 0.25) is 0 Å². The van der Waals surface area contributed by atoms with Gasteiger partial charge in [-0.1, -0.05) is 24.3 Å². The second kappa shape index (κ2) is 13.6. The molecule has 2 fully saturated rings. The summed E-state index contributed by atoms with van der Waals surface area (Å²) in [5.41, 5.74) is 1.51. The molecule has 2 saturated heterocycles. The SMILES string of the molecule is COC(=O)Cc1cccc(NC(=O)NC2C(=O)N(CC(=O)N3CCCC3)c3ccccc3N(CC(=O)N3CCCC3)C2=O)c1. The largest absolute Gasteiger partial charge is 0.469 e. The van der Waals surface area contributed by atoms with Crippen LogP contribution < -0.4 is 20.4 Å². The van der Waals surface area contributed by atoms with Crippen LogP contribution in [0.3, 0.4) is 0 Å². The van der Waals surface area contributed by atoms with Crippen LogP contribution in [0.1, 0.15) is 31.2 Å². The van der Waals surface area contributed by atoms with Crippen molar-refractivity contribution in [1.82, 2.24) is 15.1 Å². The van der Waals surface area contributed by atoms with Crippen LogP contribution in [0.25, 0.3) is 0 Å². The summed E-state index contributed by atoms with van der Waals surface area (Å²) in [4.78, 5) is 85.3. The van der Waals surface area contributed by atoms with E-state index in [0.717, 1.165) is 25.7 Å². The molecule has 0 spiro atoms. The van der Waals surface area contributed by atoms with Crippen LogP contribution in [-0.4, -0.2) is 97.8 Å². The van der Waals surface area contributed by atoms with Crippen LogP contribution in [0.5, 0.6) is 0 Å². The quantitative estimate of drug-likeness (QED) is 0.343. The standard InChI is InChI=1S/C31H36N6O7/c1-44-27(40)18-21-9-8-10-22(17-21)32-31(43)33-28-29(41)36(19-25(38)34-13-4-5-14-34)23-11-2-3-12-24(23)37(30(28)42)20-26(39)35-15-6-7-16-35/h2-3,8-12,17,28H,4-7,13-16,18-20H2,1H3,(H2,32,33,43). The van der Waals surface area contributed by atoms with Gasteiger partial charge < -0.3 is 25.2 Å². The maximum Gasteiger partial charge on any atom is 0.320 e. The molecule has 5 rings (SSSR count). The number of amides is 6. The molecule has 13 nitrogen and oxygen atoms in total. The molecule has 0 saturated carbocycles. The lowest BCUT2D eigenvalue weighted by Crippen LogP contribution is -2.58. The van der Waals surface area contributed by atoms with E-state index in [1.807, 2.05) is 0 Å².